The third kappa shape index (κ3) is 5.71. The molecule has 0 spiro atoms. The zero-order valence-corrected chi connectivity index (χ0v) is 17.8. The summed E-state index contributed by atoms with van der Waals surface area (Å²) in [5.41, 5.74) is -0.630. The highest BCUT2D eigenvalue weighted by Gasteiger charge is 2.49. The molecule has 6 heteroatoms. The molecule has 2 fully saturated rings. The Labute approximate surface area is 173 Å². The number of carbonyl (C=O) groups is 1. The van der Waals surface area contributed by atoms with Crippen molar-refractivity contribution in [2.45, 2.75) is 70.4 Å². The molecule has 0 radical (unpaired) electrons. The van der Waals surface area contributed by atoms with Gasteiger partial charge in [-0.25, -0.2) is 4.79 Å². The van der Waals surface area contributed by atoms with E-state index in [1.54, 1.807) is 4.90 Å². The monoisotopic (exact) mass is 405 g/mol. The van der Waals surface area contributed by atoms with Crippen LogP contribution in [0, 0.1) is 11.8 Å². The van der Waals surface area contributed by atoms with Crippen LogP contribution >= 0.6 is 0 Å². The standard InChI is InChI=1S/C23H35NO5/c1-22(2,3)29-21(26)24-13-10-18-9-11-23(27,20(25)19(18)15-24)12-14-28-16-17-7-5-4-6-8-17/h4-8,18-20,25,27H,9-16H2,1-3H3/t18-,19+,20-,23-/m1/s1. The van der Waals surface area contributed by atoms with Gasteiger partial charge in [0.1, 0.15) is 5.60 Å². The van der Waals surface area contributed by atoms with Crippen LogP contribution in [0.4, 0.5) is 4.79 Å². The summed E-state index contributed by atoms with van der Waals surface area (Å²) in [6, 6.07) is 9.91. The second kappa shape index (κ2) is 9.02. The molecule has 0 unspecified atom stereocenters. The number of hydrogen-bond donors (Lipinski definition) is 2. The summed E-state index contributed by atoms with van der Waals surface area (Å²) in [5.74, 6) is 0.193. The lowest BCUT2D eigenvalue weighted by Gasteiger charge is -2.50. The van der Waals surface area contributed by atoms with E-state index < -0.39 is 17.3 Å². The van der Waals surface area contributed by atoms with Crippen molar-refractivity contribution in [3.8, 4) is 0 Å². The lowest BCUT2D eigenvalue weighted by atomic mass is 9.66. The number of aliphatic hydroxyl groups is 2. The molecular weight excluding hydrogens is 370 g/mol. The van der Waals surface area contributed by atoms with E-state index in [4.69, 9.17) is 9.47 Å². The number of nitrogens with zero attached hydrogens (tertiary/aromatic N) is 1. The van der Waals surface area contributed by atoms with Crippen molar-refractivity contribution in [3.63, 3.8) is 0 Å². The first-order chi connectivity index (χ1) is 13.7. The van der Waals surface area contributed by atoms with Gasteiger partial charge in [-0.3, -0.25) is 0 Å². The first kappa shape index (κ1) is 22.1. The number of rotatable bonds is 5. The quantitative estimate of drug-likeness (QED) is 0.735. The second-order valence-corrected chi connectivity index (χ2v) is 9.51. The maximum atomic E-state index is 12.4. The van der Waals surface area contributed by atoms with Crippen LogP contribution < -0.4 is 0 Å². The maximum Gasteiger partial charge on any atom is 0.410 e. The van der Waals surface area contributed by atoms with Crippen molar-refractivity contribution < 1.29 is 24.5 Å². The summed E-state index contributed by atoms with van der Waals surface area (Å²) in [6.45, 7) is 7.49. The van der Waals surface area contributed by atoms with E-state index in [1.807, 2.05) is 51.1 Å². The molecular formula is C23H35NO5. The highest BCUT2D eigenvalue weighted by molar-refractivity contribution is 5.68. The Balaban J connectivity index is 1.54. The molecule has 0 aromatic heterocycles. The van der Waals surface area contributed by atoms with Gasteiger partial charge >= 0.3 is 6.09 Å². The number of piperidine rings is 1. The first-order valence-corrected chi connectivity index (χ1v) is 10.7. The SMILES string of the molecule is CC(C)(C)OC(=O)N1CC[C@H]2CC[C@@](O)(CCOCc3ccccc3)[C@H](O)[C@H]2C1. The van der Waals surface area contributed by atoms with Crippen LogP contribution in [0.5, 0.6) is 0 Å². The van der Waals surface area contributed by atoms with E-state index in [2.05, 4.69) is 0 Å². The highest BCUT2D eigenvalue weighted by atomic mass is 16.6. The third-order valence-electron chi connectivity index (χ3n) is 6.15. The molecule has 1 aliphatic carbocycles. The van der Waals surface area contributed by atoms with E-state index in [-0.39, 0.29) is 12.0 Å². The number of likely N-dealkylation sites (tertiary alicyclic amines) is 1. The summed E-state index contributed by atoms with van der Waals surface area (Å²) in [7, 11) is 0. The Bertz CT molecular complexity index is 674. The Kier molecular flexibility index (Phi) is 6.87. The molecule has 4 atom stereocenters. The minimum absolute atomic E-state index is 0.135. The molecule has 1 aromatic rings. The van der Waals surface area contributed by atoms with Crippen LogP contribution in [-0.4, -0.2) is 58.2 Å². The second-order valence-electron chi connectivity index (χ2n) is 9.51. The van der Waals surface area contributed by atoms with Gasteiger partial charge in [-0.1, -0.05) is 30.3 Å². The summed E-state index contributed by atoms with van der Waals surface area (Å²) >= 11 is 0. The minimum Gasteiger partial charge on any atom is -0.444 e. The fourth-order valence-electron chi connectivity index (χ4n) is 4.51. The van der Waals surface area contributed by atoms with Crippen LogP contribution in [0.15, 0.2) is 30.3 Å². The van der Waals surface area contributed by atoms with Crippen molar-refractivity contribution in [2.75, 3.05) is 19.7 Å². The van der Waals surface area contributed by atoms with Crippen LogP contribution in [0.1, 0.15) is 52.0 Å². The van der Waals surface area contributed by atoms with Crippen molar-refractivity contribution in [2.24, 2.45) is 11.8 Å². The first-order valence-electron chi connectivity index (χ1n) is 10.7. The predicted octanol–water partition coefficient (Wildman–Crippen LogP) is 3.35. The Morgan fingerprint density at radius 2 is 1.97 bits per heavy atom. The van der Waals surface area contributed by atoms with E-state index in [0.29, 0.717) is 45.1 Å². The Morgan fingerprint density at radius 3 is 2.66 bits per heavy atom. The van der Waals surface area contributed by atoms with Crippen LogP contribution in [0.25, 0.3) is 0 Å². The highest BCUT2D eigenvalue weighted by Crippen LogP contribution is 2.43. The fourth-order valence-corrected chi connectivity index (χ4v) is 4.51. The van der Waals surface area contributed by atoms with Gasteiger partial charge < -0.3 is 24.6 Å². The molecule has 29 heavy (non-hydrogen) atoms. The maximum absolute atomic E-state index is 12.4. The van der Waals surface area contributed by atoms with E-state index in [9.17, 15) is 15.0 Å². The van der Waals surface area contributed by atoms with Crippen molar-refractivity contribution in [3.05, 3.63) is 35.9 Å². The molecule has 1 saturated heterocycles. The summed E-state index contributed by atoms with van der Waals surface area (Å²) < 4.78 is 11.2. The van der Waals surface area contributed by atoms with Gasteiger partial charge in [0.05, 0.1) is 18.3 Å². The minimum atomic E-state index is -1.17. The van der Waals surface area contributed by atoms with Gasteiger partial charge in [0.25, 0.3) is 0 Å². The molecule has 1 saturated carbocycles. The molecule has 1 aromatic carbocycles. The van der Waals surface area contributed by atoms with E-state index in [1.165, 1.54) is 0 Å². The topological polar surface area (TPSA) is 79.2 Å². The average Bonchev–Trinajstić information content (AvgIpc) is 2.68. The number of benzene rings is 1. The van der Waals surface area contributed by atoms with Gasteiger partial charge in [0.2, 0.25) is 0 Å². The molecule has 0 bridgehead atoms. The van der Waals surface area contributed by atoms with Crippen LogP contribution in [-0.2, 0) is 16.1 Å². The number of fused-ring (bicyclic) bond motifs is 1. The number of ether oxygens (including phenoxy) is 2. The molecule has 6 nitrogen and oxygen atoms in total. The average molecular weight is 406 g/mol. The van der Waals surface area contributed by atoms with Gasteiger partial charge in [0, 0.05) is 32.0 Å². The molecule has 3 rings (SSSR count). The van der Waals surface area contributed by atoms with E-state index in [0.717, 1.165) is 18.4 Å². The van der Waals surface area contributed by atoms with Crippen LogP contribution in [0.3, 0.4) is 0 Å². The molecule has 162 valence electrons. The molecule has 1 aliphatic heterocycles. The normalized spacial score (nSPS) is 30.0. The number of carbonyl (C=O) groups excluding carboxylic acids is 1. The van der Waals surface area contributed by atoms with E-state index >= 15 is 0 Å². The number of hydrogen-bond acceptors (Lipinski definition) is 5. The smallest absolute Gasteiger partial charge is 0.410 e. The summed E-state index contributed by atoms with van der Waals surface area (Å²) in [6.07, 6.45) is 1.43. The molecule has 2 aliphatic rings. The Hall–Kier alpha value is -1.63. The number of amides is 1. The van der Waals surface area contributed by atoms with Gasteiger partial charge in [0.15, 0.2) is 0 Å². The molecule has 1 heterocycles. The van der Waals surface area contributed by atoms with Crippen LogP contribution in [0.2, 0.25) is 0 Å². The Morgan fingerprint density at radius 1 is 1.24 bits per heavy atom. The summed E-state index contributed by atoms with van der Waals surface area (Å²) in [5, 5.41) is 22.1. The zero-order chi connectivity index (χ0) is 21.1. The molecule has 1 amide bonds. The lowest BCUT2D eigenvalue weighted by molar-refractivity contribution is -0.164. The zero-order valence-electron chi connectivity index (χ0n) is 17.8. The van der Waals surface area contributed by atoms with Crippen molar-refractivity contribution in [1.29, 1.82) is 0 Å². The fraction of sp³-hybridized carbons (Fsp3) is 0.696. The third-order valence-corrected chi connectivity index (χ3v) is 6.15. The van der Waals surface area contributed by atoms with Gasteiger partial charge in [-0.05, 0) is 51.5 Å². The van der Waals surface area contributed by atoms with Gasteiger partial charge in [-0.2, -0.15) is 0 Å². The van der Waals surface area contributed by atoms with Gasteiger partial charge in [-0.15, -0.1) is 0 Å². The lowest BCUT2D eigenvalue weighted by Crippen LogP contribution is -2.59. The van der Waals surface area contributed by atoms with Crippen molar-refractivity contribution >= 4 is 6.09 Å². The number of aliphatic hydroxyl groups excluding tert-OH is 1. The predicted molar refractivity (Wildman–Crippen MR) is 110 cm³/mol. The van der Waals surface area contributed by atoms with Crippen molar-refractivity contribution in [1.82, 2.24) is 4.90 Å². The molecule has 2 N–H and O–H groups in total. The largest absolute Gasteiger partial charge is 0.444 e. The summed E-state index contributed by atoms with van der Waals surface area (Å²) in [4.78, 5) is 14.1.